The summed E-state index contributed by atoms with van der Waals surface area (Å²) < 4.78 is 0. The van der Waals surface area contributed by atoms with Crippen molar-refractivity contribution in [2.24, 2.45) is 4.99 Å². The molecule has 1 N–H and O–H groups in total. The Bertz CT molecular complexity index is 494. The molecule has 1 amide bonds. The monoisotopic (exact) mass is 288 g/mol. The van der Waals surface area contributed by atoms with Crippen LogP contribution in [0.3, 0.4) is 0 Å². The molecule has 2 fully saturated rings. The first kappa shape index (κ1) is 13.7. The van der Waals surface area contributed by atoms with E-state index in [1.807, 2.05) is 18.2 Å². The van der Waals surface area contributed by atoms with Crippen LogP contribution in [0.5, 0.6) is 0 Å². The van der Waals surface area contributed by atoms with Gasteiger partial charge < -0.3 is 5.32 Å². The summed E-state index contributed by atoms with van der Waals surface area (Å²) in [7, 11) is 0. The second kappa shape index (κ2) is 6.44. The Labute approximate surface area is 124 Å². The summed E-state index contributed by atoms with van der Waals surface area (Å²) in [6.07, 6.45) is 6.72. The van der Waals surface area contributed by atoms with Crippen LogP contribution >= 0.6 is 11.8 Å². The Morgan fingerprint density at radius 2 is 1.85 bits per heavy atom. The van der Waals surface area contributed by atoms with Gasteiger partial charge in [0, 0.05) is 11.7 Å². The van der Waals surface area contributed by atoms with Gasteiger partial charge in [-0.15, -0.1) is 0 Å². The van der Waals surface area contributed by atoms with Crippen LogP contribution in [0, 0.1) is 0 Å². The minimum atomic E-state index is 0.0900. The van der Waals surface area contributed by atoms with Crippen molar-refractivity contribution < 1.29 is 4.79 Å². The summed E-state index contributed by atoms with van der Waals surface area (Å²) in [5, 5.41) is 3.96. The fourth-order valence-electron chi connectivity index (χ4n) is 2.84. The standard InChI is InChI=1S/C16H20N2OS/c19-15-11-14(12-7-3-1-4-8-12)20-16(18-15)17-13-9-5-2-6-10-13/h1,3-4,7-8,13-14H,2,5-6,9-11H2,(H,17,18,19)/t14-/m1/s1. The first-order chi connectivity index (χ1) is 9.81. The van der Waals surface area contributed by atoms with E-state index in [1.54, 1.807) is 11.8 Å². The number of nitrogens with one attached hydrogen (secondary N) is 1. The molecule has 0 aromatic heterocycles. The van der Waals surface area contributed by atoms with Crippen molar-refractivity contribution in [3.8, 4) is 0 Å². The van der Waals surface area contributed by atoms with Gasteiger partial charge in [0.25, 0.3) is 0 Å². The quantitative estimate of drug-likeness (QED) is 0.902. The lowest BCUT2D eigenvalue weighted by atomic mass is 9.96. The maximum absolute atomic E-state index is 11.9. The van der Waals surface area contributed by atoms with Gasteiger partial charge >= 0.3 is 0 Å². The van der Waals surface area contributed by atoms with Crippen molar-refractivity contribution in [3.63, 3.8) is 0 Å². The molecule has 2 aliphatic rings. The average molecular weight is 288 g/mol. The molecule has 1 aromatic rings. The maximum Gasteiger partial charge on any atom is 0.227 e. The van der Waals surface area contributed by atoms with Crippen molar-refractivity contribution >= 4 is 22.8 Å². The molecule has 1 atom stereocenters. The number of carbonyl (C=O) groups is 1. The normalized spacial score (nSPS) is 26.5. The van der Waals surface area contributed by atoms with Crippen LogP contribution in [0.2, 0.25) is 0 Å². The van der Waals surface area contributed by atoms with E-state index in [1.165, 1.54) is 24.8 Å². The smallest absolute Gasteiger partial charge is 0.227 e. The van der Waals surface area contributed by atoms with Gasteiger partial charge in [-0.3, -0.25) is 9.79 Å². The summed E-state index contributed by atoms with van der Waals surface area (Å²) in [4.78, 5) is 16.7. The van der Waals surface area contributed by atoms with E-state index in [4.69, 9.17) is 4.99 Å². The van der Waals surface area contributed by atoms with Crippen molar-refractivity contribution in [1.29, 1.82) is 0 Å². The number of nitrogens with zero attached hydrogens (tertiary/aromatic N) is 1. The van der Waals surface area contributed by atoms with Gasteiger partial charge in [0.05, 0.1) is 6.04 Å². The summed E-state index contributed by atoms with van der Waals surface area (Å²) in [6.45, 7) is 0. The fourth-order valence-corrected chi connectivity index (χ4v) is 4.02. The van der Waals surface area contributed by atoms with E-state index in [-0.39, 0.29) is 11.2 Å². The molecule has 1 saturated carbocycles. The van der Waals surface area contributed by atoms with E-state index in [0.29, 0.717) is 12.5 Å². The van der Waals surface area contributed by atoms with Gasteiger partial charge in [0.2, 0.25) is 5.91 Å². The van der Waals surface area contributed by atoms with Gasteiger partial charge in [0.1, 0.15) is 0 Å². The number of carbonyl (C=O) groups excluding carboxylic acids is 1. The van der Waals surface area contributed by atoms with Crippen LogP contribution in [-0.4, -0.2) is 17.1 Å². The third kappa shape index (κ3) is 3.42. The molecule has 4 heteroatoms. The van der Waals surface area contributed by atoms with Crippen LogP contribution < -0.4 is 5.32 Å². The number of hydrogen-bond acceptors (Lipinski definition) is 3. The molecule has 0 bridgehead atoms. The third-order valence-corrected chi connectivity index (χ3v) is 5.07. The van der Waals surface area contributed by atoms with E-state index in [0.717, 1.165) is 18.0 Å². The first-order valence-electron chi connectivity index (χ1n) is 7.40. The van der Waals surface area contributed by atoms with E-state index >= 15 is 0 Å². The first-order valence-corrected chi connectivity index (χ1v) is 8.28. The molecule has 20 heavy (non-hydrogen) atoms. The Hall–Kier alpha value is -1.29. The number of amides is 1. The predicted molar refractivity (Wildman–Crippen MR) is 83.8 cm³/mol. The highest BCUT2D eigenvalue weighted by atomic mass is 32.2. The zero-order valence-electron chi connectivity index (χ0n) is 11.5. The molecule has 1 aromatic carbocycles. The Morgan fingerprint density at radius 3 is 2.60 bits per heavy atom. The van der Waals surface area contributed by atoms with Gasteiger partial charge in [-0.2, -0.15) is 0 Å². The van der Waals surface area contributed by atoms with Gasteiger partial charge in [-0.1, -0.05) is 61.4 Å². The predicted octanol–water partition coefficient (Wildman–Crippen LogP) is 3.67. The number of hydrogen-bond donors (Lipinski definition) is 1. The van der Waals surface area contributed by atoms with Gasteiger partial charge in [-0.05, 0) is 18.4 Å². The average Bonchev–Trinajstić information content (AvgIpc) is 2.49. The van der Waals surface area contributed by atoms with Crippen molar-refractivity contribution in [3.05, 3.63) is 35.9 Å². The number of amidine groups is 1. The van der Waals surface area contributed by atoms with E-state index in [2.05, 4.69) is 17.4 Å². The minimum absolute atomic E-state index is 0.0900. The van der Waals surface area contributed by atoms with Gasteiger partial charge in [-0.25, -0.2) is 0 Å². The zero-order valence-corrected chi connectivity index (χ0v) is 12.4. The maximum atomic E-state index is 11.9. The fraction of sp³-hybridized carbons (Fsp3) is 0.500. The van der Waals surface area contributed by atoms with Crippen molar-refractivity contribution in [2.45, 2.75) is 49.8 Å². The molecule has 0 unspecified atom stereocenters. The molecule has 1 aliphatic carbocycles. The third-order valence-electron chi connectivity index (χ3n) is 3.92. The number of aliphatic imine (C=N–C) groups is 1. The van der Waals surface area contributed by atoms with Crippen molar-refractivity contribution in [2.75, 3.05) is 0 Å². The Balaban J connectivity index is 1.72. The summed E-state index contributed by atoms with van der Waals surface area (Å²) in [6, 6.07) is 10.7. The van der Waals surface area contributed by atoms with Crippen LogP contribution in [0.25, 0.3) is 0 Å². The highest BCUT2D eigenvalue weighted by Gasteiger charge is 2.26. The Kier molecular flexibility index (Phi) is 4.41. The topological polar surface area (TPSA) is 41.5 Å². The van der Waals surface area contributed by atoms with Crippen LogP contribution in [-0.2, 0) is 4.79 Å². The summed E-state index contributed by atoms with van der Waals surface area (Å²) >= 11 is 1.70. The molecule has 0 spiro atoms. The SMILES string of the molecule is O=C1C[C@H](c2ccccc2)SC(=NC2CCCCC2)N1. The second-order valence-corrected chi connectivity index (χ2v) is 6.69. The number of rotatable bonds is 2. The minimum Gasteiger partial charge on any atom is -0.305 e. The lowest BCUT2D eigenvalue weighted by Crippen LogP contribution is -2.35. The second-order valence-electron chi connectivity index (χ2n) is 5.50. The summed E-state index contributed by atoms with van der Waals surface area (Å²) in [5.74, 6) is 0.0900. The lowest BCUT2D eigenvalue weighted by molar-refractivity contribution is -0.119. The van der Waals surface area contributed by atoms with E-state index < -0.39 is 0 Å². The highest BCUT2D eigenvalue weighted by Crippen LogP contribution is 2.36. The molecule has 0 radical (unpaired) electrons. The molecule has 3 nitrogen and oxygen atoms in total. The molecule has 1 heterocycles. The number of thioether (sulfide) groups is 1. The zero-order chi connectivity index (χ0) is 13.8. The molecular weight excluding hydrogens is 268 g/mol. The van der Waals surface area contributed by atoms with Gasteiger partial charge in [0.15, 0.2) is 5.17 Å². The summed E-state index contributed by atoms with van der Waals surface area (Å²) in [5.41, 5.74) is 1.21. The Morgan fingerprint density at radius 1 is 1.10 bits per heavy atom. The molecule has 106 valence electrons. The van der Waals surface area contributed by atoms with Crippen LogP contribution in [0.15, 0.2) is 35.3 Å². The van der Waals surface area contributed by atoms with Crippen LogP contribution in [0.4, 0.5) is 0 Å². The molecule has 3 rings (SSSR count). The van der Waals surface area contributed by atoms with E-state index in [9.17, 15) is 4.79 Å². The molecular formula is C16H20N2OS. The highest BCUT2D eigenvalue weighted by molar-refractivity contribution is 8.14. The number of benzene rings is 1. The van der Waals surface area contributed by atoms with Crippen LogP contribution in [0.1, 0.15) is 49.3 Å². The molecule has 1 aliphatic heterocycles. The molecule has 1 saturated heterocycles. The largest absolute Gasteiger partial charge is 0.305 e. The lowest BCUT2D eigenvalue weighted by Gasteiger charge is -2.25. The van der Waals surface area contributed by atoms with Crippen molar-refractivity contribution in [1.82, 2.24) is 5.32 Å².